The van der Waals surface area contributed by atoms with Gasteiger partial charge in [0.2, 0.25) is 0 Å². The summed E-state index contributed by atoms with van der Waals surface area (Å²) in [5.74, 6) is 0.346. The van der Waals surface area contributed by atoms with Gasteiger partial charge in [-0.3, -0.25) is 4.98 Å². The molecule has 0 amide bonds. The van der Waals surface area contributed by atoms with Gasteiger partial charge in [0.15, 0.2) is 0 Å². The highest BCUT2D eigenvalue weighted by molar-refractivity contribution is 8.08. The van der Waals surface area contributed by atoms with Crippen molar-refractivity contribution in [1.82, 2.24) is 4.98 Å². The maximum atomic E-state index is 11.2. The molecule has 0 aliphatic carbocycles. The third-order valence-electron chi connectivity index (χ3n) is 1.50. The fourth-order valence-corrected chi connectivity index (χ4v) is 1.65. The minimum atomic E-state index is -3.47. The first kappa shape index (κ1) is 8.89. The molecule has 5 nitrogen and oxygen atoms in total. The van der Waals surface area contributed by atoms with Crippen LogP contribution in [0.3, 0.4) is 0 Å². The molecule has 0 spiro atoms. The molecule has 1 aliphatic heterocycles. The lowest BCUT2D eigenvalue weighted by Crippen LogP contribution is -2.16. The maximum absolute atomic E-state index is 11.2. The number of rotatable bonds is 1. The molecule has 2 rings (SSSR count). The van der Waals surface area contributed by atoms with E-state index in [0.29, 0.717) is 5.75 Å². The van der Waals surface area contributed by atoms with Crippen molar-refractivity contribution in [1.29, 1.82) is 0 Å². The largest absolute Gasteiger partial charge is 0.428 e. The topological polar surface area (TPSA) is 68.6 Å². The summed E-state index contributed by atoms with van der Waals surface area (Å²) >= 11 is 0. The van der Waals surface area contributed by atoms with Crippen LogP contribution in [-0.4, -0.2) is 18.6 Å². The fraction of sp³-hybridized carbons (Fsp3) is 0. The van der Waals surface area contributed by atoms with Gasteiger partial charge in [-0.25, -0.2) is 13.4 Å². The summed E-state index contributed by atoms with van der Waals surface area (Å²) in [6, 6.07) is 3.24. The van der Waals surface area contributed by atoms with Crippen molar-refractivity contribution in [2.45, 2.75) is 0 Å². The molecule has 0 atom stereocenters. The lowest BCUT2D eigenvalue weighted by Gasteiger charge is -2.02. The van der Waals surface area contributed by atoms with Crippen molar-refractivity contribution < 1.29 is 13.2 Å². The first-order valence-corrected chi connectivity index (χ1v) is 5.30. The van der Waals surface area contributed by atoms with Crippen LogP contribution in [0.1, 0.15) is 0 Å². The average Bonchev–Trinajstić information content (AvgIpc) is 2.48. The third-order valence-corrected chi connectivity index (χ3v) is 2.66. The molecule has 0 radical (unpaired) electrons. The summed E-state index contributed by atoms with van der Waals surface area (Å²) in [6.45, 7) is 0. The maximum Gasteiger partial charge on any atom is 0.319 e. The molecule has 1 aromatic rings. The molecule has 1 aliphatic rings. The summed E-state index contributed by atoms with van der Waals surface area (Å²) in [5, 5.41) is 0.670. The number of nitrogens with zero attached hydrogens (tertiary/aromatic N) is 2. The van der Waals surface area contributed by atoms with Crippen LogP contribution >= 0.6 is 0 Å². The molecule has 0 saturated heterocycles. The molecule has 6 heteroatoms. The van der Waals surface area contributed by atoms with E-state index in [1.807, 2.05) is 0 Å². The molecular weight excluding hydrogens is 204 g/mol. The Kier molecular flexibility index (Phi) is 2.05. The highest BCUT2D eigenvalue weighted by atomic mass is 32.2. The Balaban J connectivity index is 2.23. The van der Waals surface area contributed by atoms with Gasteiger partial charge in [0.25, 0.3) is 9.84 Å². The van der Waals surface area contributed by atoms with Gasteiger partial charge >= 0.3 is 5.23 Å². The van der Waals surface area contributed by atoms with Crippen LogP contribution in [-0.2, 0) is 9.84 Å². The van der Waals surface area contributed by atoms with Gasteiger partial charge in [0.1, 0.15) is 5.75 Å². The minimum Gasteiger partial charge on any atom is -0.428 e. The van der Waals surface area contributed by atoms with Crippen LogP contribution in [0.4, 0.5) is 0 Å². The standard InChI is InChI=1S/C8H6N2O3S/c11-14(12)5-4-10-8(14)13-7-2-1-3-9-6-7/h1-6H. The van der Waals surface area contributed by atoms with Crippen LogP contribution in [0.2, 0.25) is 0 Å². The van der Waals surface area contributed by atoms with Crippen molar-refractivity contribution in [3.8, 4) is 5.75 Å². The van der Waals surface area contributed by atoms with E-state index in [2.05, 4.69) is 9.98 Å². The first-order valence-electron chi connectivity index (χ1n) is 3.76. The van der Waals surface area contributed by atoms with E-state index in [9.17, 15) is 8.42 Å². The molecule has 0 bridgehead atoms. The third kappa shape index (κ3) is 1.64. The predicted octanol–water partition coefficient (Wildman–Crippen LogP) is 0.716. The minimum absolute atomic E-state index is 0.314. The second kappa shape index (κ2) is 3.22. The van der Waals surface area contributed by atoms with Gasteiger partial charge in [-0.15, -0.1) is 0 Å². The number of hydrogen-bond donors (Lipinski definition) is 0. The van der Waals surface area contributed by atoms with Crippen molar-refractivity contribution in [3.63, 3.8) is 0 Å². The van der Waals surface area contributed by atoms with E-state index in [1.165, 1.54) is 12.4 Å². The normalized spacial score (nSPS) is 17.9. The number of sulfone groups is 1. The fourth-order valence-electron chi connectivity index (χ4n) is 0.896. The molecule has 0 saturated carbocycles. The van der Waals surface area contributed by atoms with Gasteiger partial charge in [-0.2, -0.15) is 0 Å². The molecule has 1 aromatic heterocycles. The molecule has 0 unspecified atom stereocenters. The highest BCUT2D eigenvalue weighted by Gasteiger charge is 2.22. The van der Waals surface area contributed by atoms with Gasteiger partial charge in [0, 0.05) is 12.4 Å². The monoisotopic (exact) mass is 210 g/mol. The number of aromatic nitrogens is 1. The van der Waals surface area contributed by atoms with E-state index in [4.69, 9.17) is 4.74 Å². The zero-order valence-electron chi connectivity index (χ0n) is 6.99. The van der Waals surface area contributed by atoms with E-state index in [0.717, 1.165) is 5.41 Å². The Hall–Kier alpha value is -1.69. The Labute approximate surface area is 80.7 Å². The average molecular weight is 210 g/mol. The molecular formula is C8H6N2O3S. The van der Waals surface area contributed by atoms with Crippen molar-refractivity contribution in [3.05, 3.63) is 36.1 Å². The van der Waals surface area contributed by atoms with Crippen molar-refractivity contribution in [2.24, 2.45) is 4.99 Å². The molecule has 0 fully saturated rings. The highest BCUT2D eigenvalue weighted by Crippen LogP contribution is 2.13. The van der Waals surface area contributed by atoms with E-state index in [-0.39, 0.29) is 5.23 Å². The van der Waals surface area contributed by atoms with Crippen molar-refractivity contribution in [2.75, 3.05) is 0 Å². The van der Waals surface area contributed by atoms with Gasteiger partial charge in [0.05, 0.1) is 11.6 Å². The molecule has 72 valence electrons. The number of hydrogen-bond acceptors (Lipinski definition) is 5. The van der Waals surface area contributed by atoms with E-state index >= 15 is 0 Å². The molecule has 0 N–H and O–H groups in total. The van der Waals surface area contributed by atoms with Crippen molar-refractivity contribution >= 4 is 15.1 Å². The lowest BCUT2D eigenvalue weighted by molar-refractivity contribution is 0.547. The summed E-state index contributed by atoms with van der Waals surface area (Å²) < 4.78 is 27.4. The Bertz CT molecular complexity index is 491. The summed E-state index contributed by atoms with van der Waals surface area (Å²) in [4.78, 5) is 7.36. The Morgan fingerprint density at radius 2 is 2.21 bits per heavy atom. The van der Waals surface area contributed by atoms with Crippen LogP contribution in [0.5, 0.6) is 5.75 Å². The van der Waals surface area contributed by atoms with Crippen LogP contribution < -0.4 is 4.74 Å². The molecule has 2 heterocycles. The number of aliphatic imine (C=N–C) groups is 1. The quantitative estimate of drug-likeness (QED) is 0.684. The SMILES string of the molecule is O=S1(=O)C=CN=C1Oc1cccnc1. The van der Waals surface area contributed by atoms with Crippen LogP contribution in [0.15, 0.2) is 41.1 Å². The van der Waals surface area contributed by atoms with Gasteiger partial charge in [-0.05, 0) is 12.1 Å². The summed E-state index contributed by atoms with van der Waals surface area (Å²) in [6.07, 6.45) is 4.16. The van der Waals surface area contributed by atoms with Gasteiger partial charge < -0.3 is 4.74 Å². The zero-order valence-corrected chi connectivity index (χ0v) is 7.81. The molecule has 14 heavy (non-hydrogen) atoms. The summed E-state index contributed by atoms with van der Waals surface area (Å²) in [5.41, 5.74) is 0. The first-order chi connectivity index (χ1) is 6.68. The number of pyridine rings is 1. The zero-order chi connectivity index (χ0) is 10.0. The van der Waals surface area contributed by atoms with Crippen LogP contribution in [0.25, 0.3) is 0 Å². The molecule has 0 aromatic carbocycles. The second-order valence-electron chi connectivity index (χ2n) is 2.52. The van der Waals surface area contributed by atoms with Gasteiger partial charge in [-0.1, -0.05) is 0 Å². The smallest absolute Gasteiger partial charge is 0.319 e. The Morgan fingerprint density at radius 1 is 1.36 bits per heavy atom. The second-order valence-corrected chi connectivity index (χ2v) is 4.23. The summed E-state index contributed by atoms with van der Waals surface area (Å²) in [7, 11) is -3.47. The number of ether oxygens (including phenoxy) is 1. The van der Waals surface area contributed by atoms with E-state index < -0.39 is 9.84 Å². The predicted molar refractivity (Wildman–Crippen MR) is 50.4 cm³/mol. The Morgan fingerprint density at radius 3 is 2.79 bits per heavy atom. The van der Waals surface area contributed by atoms with Crippen LogP contribution in [0, 0.1) is 0 Å². The van der Waals surface area contributed by atoms with E-state index in [1.54, 1.807) is 18.3 Å². The lowest BCUT2D eigenvalue weighted by atomic mass is 10.5.